The lowest BCUT2D eigenvalue weighted by Gasteiger charge is -2.14. The first-order valence-corrected chi connectivity index (χ1v) is 6.94. The van der Waals surface area contributed by atoms with E-state index in [1.807, 2.05) is 0 Å². The number of hydrogen-bond acceptors (Lipinski definition) is 0. The van der Waals surface area contributed by atoms with Gasteiger partial charge in [-0.25, -0.2) is 26.3 Å². The first kappa shape index (κ1) is 17.9. The summed E-state index contributed by atoms with van der Waals surface area (Å²) in [5.41, 5.74) is 0. The standard InChI is InChI=1S/C16H4F6.C2H2F2/c17-7-4-2-5-1-3-6-9-8(5)10(7)13(19)14(20)11(9)15(21)16(22)12(6)18;1-2(3)4/h1-4H;1H2. The molecule has 0 unspecified atom stereocenters. The quantitative estimate of drug-likeness (QED) is 0.180. The fourth-order valence-electron chi connectivity index (χ4n) is 2.91. The zero-order valence-corrected chi connectivity index (χ0v) is 12.5. The second kappa shape index (κ2) is 6.12. The highest BCUT2D eigenvalue weighted by Crippen LogP contribution is 2.41. The minimum Gasteiger partial charge on any atom is -0.206 e. The highest BCUT2D eigenvalue weighted by Gasteiger charge is 2.27. The Labute approximate surface area is 140 Å². The van der Waals surface area contributed by atoms with Gasteiger partial charge in [-0.15, -0.1) is 0 Å². The molecule has 0 atom stereocenters. The van der Waals surface area contributed by atoms with E-state index >= 15 is 0 Å². The summed E-state index contributed by atoms with van der Waals surface area (Å²) >= 11 is 0. The molecule has 0 aliphatic heterocycles. The molecule has 0 radical (unpaired) electrons. The van der Waals surface area contributed by atoms with Gasteiger partial charge in [0.25, 0.3) is 6.08 Å². The van der Waals surface area contributed by atoms with Crippen LogP contribution in [0.15, 0.2) is 36.9 Å². The molecule has 134 valence electrons. The lowest BCUT2D eigenvalue weighted by atomic mass is 9.92. The van der Waals surface area contributed by atoms with Crippen molar-refractivity contribution >= 4 is 32.3 Å². The van der Waals surface area contributed by atoms with Crippen LogP contribution in [-0.4, -0.2) is 0 Å². The van der Waals surface area contributed by atoms with Crippen LogP contribution in [0.2, 0.25) is 0 Å². The number of rotatable bonds is 0. The largest absolute Gasteiger partial charge is 0.263 e. The van der Waals surface area contributed by atoms with Crippen molar-refractivity contribution in [3.63, 3.8) is 0 Å². The molecule has 4 aromatic rings. The fraction of sp³-hybridized carbons (Fsp3) is 0. The maximum absolute atomic E-state index is 14.1. The van der Waals surface area contributed by atoms with Crippen molar-refractivity contribution in [3.05, 3.63) is 71.8 Å². The third kappa shape index (κ3) is 2.44. The molecule has 0 heterocycles. The van der Waals surface area contributed by atoms with Gasteiger partial charge in [0.2, 0.25) is 0 Å². The van der Waals surface area contributed by atoms with Crippen LogP contribution in [0, 0.1) is 34.9 Å². The predicted molar refractivity (Wildman–Crippen MR) is 81.3 cm³/mol. The predicted octanol–water partition coefficient (Wildman–Crippen LogP) is 6.82. The SMILES string of the molecule is C=C(F)F.Fc1c(F)c2ccc3ccc(F)c4c(F)c(F)c(c1F)c2c34. The van der Waals surface area contributed by atoms with E-state index in [-0.39, 0.29) is 16.2 Å². The summed E-state index contributed by atoms with van der Waals surface area (Å²) in [5, 5.41) is -2.45. The van der Waals surface area contributed by atoms with Gasteiger partial charge >= 0.3 is 0 Å². The Morgan fingerprint density at radius 1 is 0.577 bits per heavy atom. The van der Waals surface area contributed by atoms with E-state index in [2.05, 4.69) is 6.58 Å². The van der Waals surface area contributed by atoms with Gasteiger partial charge in [-0.05, 0) is 18.0 Å². The van der Waals surface area contributed by atoms with Crippen molar-refractivity contribution in [1.29, 1.82) is 0 Å². The van der Waals surface area contributed by atoms with E-state index in [4.69, 9.17) is 0 Å². The summed E-state index contributed by atoms with van der Waals surface area (Å²) in [6, 6.07) is 4.63. The lowest BCUT2D eigenvalue weighted by Crippen LogP contribution is -2.02. The molecule has 4 rings (SSSR count). The van der Waals surface area contributed by atoms with Crippen LogP contribution in [0.25, 0.3) is 32.3 Å². The van der Waals surface area contributed by atoms with E-state index in [9.17, 15) is 35.1 Å². The van der Waals surface area contributed by atoms with E-state index in [0.29, 0.717) is 0 Å². The summed E-state index contributed by atoms with van der Waals surface area (Å²) < 4.78 is 104. The Kier molecular flexibility index (Phi) is 4.21. The summed E-state index contributed by atoms with van der Waals surface area (Å²) in [5.74, 6) is -9.70. The van der Waals surface area contributed by atoms with Crippen molar-refractivity contribution in [3.8, 4) is 0 Å². The third-order valence-electron chi connectivity index (χ3n) is 3.86. The highest BCUT2D eigenvalue weighted by atomic mass is 19.3. The van der Waals surface area contributed by atoms with Gasteiger partial charge in [0, 0.05) is 16.2 Å². The van der Waals surface area contributed by atoms with Gasteiger partial charge in [-0.2, -0.15) is 8.78 Å². The molecule has 0 amide bonds. The molecule has 8 heteroatoms. The lowest BCUT2D eigenvalue weighted by molar-refractivity contribution is 0.426. The Morgan fingerprint density at radius 3 is 1.69 bits per heavy atom. The van der Waals surface area contributed by atoms with Gasteiger partial charge in [0.1, 0.15) is 5.82 Å². The van der Waals surface area contributed by atoms with Crippen LogP contribution in [0.4, 0.5) is 35.1 Å². The molecule has 0 N–H and O–H groups in total. The Bertz CT molecular complexity index is 1180. The maximum Gasteiger partial charge on any atom is 0.263 e. The van der Waals surface area contributed by atoms with Crippen molar-refractivity contribution in [2.45, 2.75) is 0 Å². The number of halogens is 8. The Balaban J connectivity index is 0.000000447. The molecule has 0 aliphatic carbocycles. The van der Waals surface area contributed by atoms with Gasteiger partial charge in [0.15, 0.2) is 29.1 Å². The van der Waals surface area contributed by atoms with Crippen molar-refractivity contribution in [1.82, 2.24) is 0 Å². The van der Waals surface area contributed by atoms with Gasteiger partial charge in [0.05, 0.1) is 10.8 Å². The van der Waals surface area contributed by atoms with Crippen molar-refractivity contribution in [2.24, 2.45) is 0 Å². The van der Waals surface area contributed by atoms with Crippen LogP contribution in [0.5, 0.6) is 0 Å². The smallest absolute Gasteiger partial charge is 0.206 e. The molecule has 0 aliphatic rings. The molecule has 0 spiro atoms. The maximum atomic E-state index is 14.1. The van der Waals surface area contributed by atoms with Gasteiger partial charge in [-0.1, -0.05) is 18.2 Å². The Hall–Kier alpha value is -2.90. The van der Waals surface area contributed by atoms with Gasteiger partial charge in [-0.3, -0.25) is 0 Å². The highest BCUT2D eigenvalue weighted by molar-refractivity contribution is 6.23. The third-order valence-corrected chi connectivity index (χ3v) is 3.86. The molecular weight excluding hydrogens is 368 g/mol. The zero-order valence-electron chi connectivity index (χ0n) is 12.5. The summed E-state index contributed by atoms with van der Waals surface area (Å²) in [6.45, 7) is 2.22. The minimum absolute atomic E-state index is 0.177. The monoisotopic (exact) mass is 374 g/mol. The molecule has 4 aromatic carbocycles. The van der Waals surface area contributed by atoms with E-state index in [0.717, 1.165) is 12.1 Å². The zero-order chi connectivity index (χ0) is 19.3. The summed E-state index contributed by atoms with van der Waals surface area (Å²) in [6.07, 6.45) is -1.83. The van der Waals surface area contributed by atoms with Crippen LogP contribution < -0.4 is 0 Å². The van der Waals surface area contributed by atoms with Crippen molar-refractivity contribution in [2.75, 3.05) is 0 Å². The summed E-state index contributed by atoms with van der Waals surface area (Å²) in [7, 11) is 0. The van der Waals surface area contributed by atoms with E-state index in [1.54, 1.807) is 0 Å². The molecule has 26 heavy (non-hydrogen) atoms. The molecule has 0 nitrogen and oxygen atoms in total. The van der Waals surface area contributed by atoms with Crippen molar-refractivity contribution < 1.29 is 35.1 Å². The molecule has 0 saturated carbocycles. The molecule has 0 saturated heterocycles. The Morgan fingerprint density at radius 2 is 1.08 bits per heavy atom. The van der Waals surface area contributed by atoms with Crippen LogP contribution in [-0.2, 0) is 0 Å². The van der Waals surface area contributed by atoms with E-state index in [1.165, 1.54) is 12.1 Å². The molecule has 0 aromatic heterocycles. The minimum atomic E-state index is -1.90. The molecule has 0 bridgehead atoms. The molecular formula is C18H6F8. The average molecular weight is 374 g/mol. The van der Waals surface area contributed by atoms with Crippen LogP contribution in [0.1, 0.15) is 0 Å². The number of hydrogen-bond donors (Lipinski definition) is 0. The summed E-state index contributed by atoms with van der Waals surface area (Å²) in [4.78, 5) is 0. The second-order valence-corrected chi connectivity index (χ2v) is 5.29. The normalized spacial score (nSPS) is 11.2. The topological polar surface area (TPSA) is 0 Å². The van der Waals surface area contributed by atoms with Crippen LogP contribution >= 0.6 is 0 Å². The first-order valence-electron chi connectivity index (χ1n) is 6.94. The fourth-order valence-corrected chi connectivity index (χ4v) is 2.91. The molecule has 0 fully saturated rings. The number of benzene rings is 4. The average Bonchev–Trinajstić information content (AvgIpc) is 2.57. The van der Waals surface area contributed by atoms with Gasteiger partial charge < -0.3 is 0 Å². The van der Waals surface area contributed by atoms with E-state index < -0.39 is 57.1 Å². The van der Waals surface area contributed by atoms with Crippen LogP contribution in [0.3, 0.4) is 0 Å². The second-order valence-electron chi connectivity index (χ2n) is 5.29. The first-order chi connectivity index (χ1) is 12.2.